The van der Waals surface area contributed by atoms with Crippen molar-refractivity contribution in [3.63, 3.8) is 0 Å². The number of esters is 1. The van der Waals surface area contributed by atoms with Gasteiger partial charge in [0.2, 0.25) is 15.8 Å². The van der Waals surface area contributed by atoms with Crippen LogP contribution in [0.25, 0.3) is 0 Å². The normalized spacial score (nSPS) is 12.7. The van der Waals surface area contributed by atoms with E-state index < -0.39 is 35.0 Å². The van der Waals surface area contributed by atoms with E-state index in [1.807, 2.05) is 18.4 Å². The summed E-state index contributed by atoms with van der Waals surface area (Å²) in [5.41, 5.74) is 2.04. The molecule has 0 aliphatic heterocycles. The first-order valence-electron chi connectivity index (χ1n) is 9.57. The van der Waals surface area contributed by atoms with Gasteiger partial charge in [-0.1, -0.05) is 0 Å². The maximum atomic E-state index is 13.0. The molecule has 0 bridgehead atoms. The van der Waals surface area contributed by atoms with Crippen LogP contribution in [-0.2, 0) is 24.3 Å². The van der Waals surface area contributed by atoms with E-state index in [1.165, 1.54) is 7.05 Å². The number of Topliss-reactive ketones (excluding diaryl/α,β-unsaturated/α-hetero) is 1. The highest BCUT2D eigenvalue weighted by atomic mass is 32.2. The zero-order valence-electron chi connectivity index (χ0n) is 18.2. The molecular weight excluding hydrogens is 427 g/mol. The van der Waals surface area contributed by atoms with Crippen LogP contribution in [0.2, 0.25) is 0 Å². The fraction of sp³-hybridized carbons (Fsp3) is 0.429. The highest BCUT2D eigenvalue weighted by Crippen LogP contribution is 2.21. The number of nitrogens with zero attached hydrogens (tertiary/aromatic N) is 2. The number of carbonyl (C=O) groups is 2. The molecule has 0 saturated carbocycles. The predicted octanol–water partition coefficient (Wildman–Crippen LogP) is 2.50. The van der Waals surface area contributed by atoms with E-state index in [1.54, 1.807) is 20.1 Å². The van der Waals surface area contributed by atoms with Gasteiger partial charge in [0, 0.05) is 31.1 Å². The summed E-state index contributed by atoms with van der Waals surface area (Å²) in [6.45, 7) is 5.03. The van der Waals surface area contributed by atoms with Crippen LogP contribution in [0.5, 0.6) is 0 Å². The van der Waals surface area contributed by atoms with Crippen LogP contribution < -0.4 is 0 Å². The molecule has 170 valence electrons. The monoisotopic (exact) mass is 454 g/mol. The molecule has 0 amide bonds. The Kier molecular flexibility index (Phi) is 8.10. The topological polar surface area (TPSA) is 94.9 Å². The number of sulfonamides is 1. The molecular formula is C21H27FN2O6S. The Bertz CT molecular complexity index is 1050. The van der Waals surface area contributed by atoms with Gasteiger partial charge in [0.25, 0.3) is 0 Å². The van der Waals surface area contributed by atoms with Gasteiger partial charge < -0.3 is 14.0 Å². The molecule has 0 saturated heterocycles. The van der Waals surface area contributed by atoms with Gasteiger partial charge in [-0.25, -0.2) is 12.8 Å². The van der Waals surface area contributed by atoms with Crippen molar-refractivity contribution >= 4 is 21.8 Å². The summed E-state index contributed by atoms with van der Waals surface area (Å²) < 4.78 is 50.9. The molecule has 31 heavy (non-hydrogen) atoms. The van der Waals surface area contributed by atoms with Crippen LogP contribution >= 0.6 is 0 Å². The lowest BCUT2D eigenvalue weighted by atomic mass is 10.1. The second-order valence-corrected chi connectivity index (χ2v) is 9.30. The van der Waals surface area contributed by atoms with Crippen LogP contribution in [-0.4, -0.2) is 63.0 Å². The molecule has 1 unspecified atom stereocenters. The van der Waals surface area contributed by atoms with Gasteiger partial charge in [-0.15, -0.1) is 0 Å². The summed E-state index contributed by atoms with van der Waals surface area (Å²) in [5.74, 6) is -1.83. The Morgan fingerprint density at radius 3 is 2.39 bits per heavy atom. The minimum absolute atomic E-state index is 0.0272. The summed E-state index contributed by atoms with van der Waals surface area (Å²) in [5, 5.41) is 0. The number of rotatable bonds is 10. The number of aryl methyl sites for hydroxylation is 1. The Morgan fingerprint density at radius 2 is 1.81 bits per heavy atom. The van der Waals surface area contributed by atoms with Crippen molar-refractivity contribution in [3.8, 4) is 0 Å². The van der Waals surface area contributed by atoms with Crippen molar-refractivity contribution in [1.82, 2.24) is 8.87 Å². The lowest BCUT2D eigenvalue weighted by Gasteiger charge is -2.18. The summed E-state index contributed by atoms with van der Waals surface area (Å²) in [4.78, 5) is 24.5. The third kappa shape index (κ3) is 5.78. The third-order valence-corrected chi connectivity index (χ3v) is 6.69. The average molecular weight is 455 g/mol. The summed E-state index contributed by atoms with van der Waals surface area (Å²) >= 11 is 0. The van der Waals surface area contributed by atoms with Gasteiger partial charge in [-0.2, -0.15) is 4.31 Å². The van der Waals surface area contributed by atoms with Crippen LogP contribution in [0, 0.1) is 19.7 Å². The molecule has 0 aliphatic carbocycles. The van der Waals surface area contributed by atoms with Crippen molar-refractivity contribution in [2.24, 2.45) is 0 Å². The fourth-order valence-corrected chi connectivity index (χ4v) is 4.49. The van der Waals surface area contributed by atoms with Crippen molar-refractivity contribution in [1.29, 1.82) is 0 Å². The number of hydrogen-bond donors (Lipinski definition) is 0. The predicted molar refractivity (Wildman–Crippen MR) is 112 cm³/mol. The molecule has 0 spiro atoms. The average Bonchev–Trinajstić information content (AvgIpc) is 3.00. The fourth-order valence-electron chi connectivity index (χ4n) is 3.38. The maximum absolute atomic E-state index is 13.0. The molecule has 1 heterocycles. The van der Waals surface area contributed by atoms with Crippen molar-refractivity contribution in [2.75, 3.05) is 33.9 Å². The summed E-state index contributed by atoms with van der Waals surface area (Å²) in [6.07, 6.45) is 0. The minimum Gasteiger partial charge on any atom is -0.456 e. The molecule has 1 aromatic carbocycles. The highest BCUT2D eigenvalue weighted by Gasteiger charge is 2.25. The van der Waals surface area contributed by atoms with Crippen molar-refractivity contribution in [3.05, 3.63) is 53.1 Å². The Hall–Kier alpha value is -2.56. The minimum atomic E-state index is -4.00. The van der Waals surface area contributed by atoms with E-state index in [4.69, 9.17) is 9.47 Å². The Labute approximate surface area is 181 Å². The summed E-state index contributed by atoms with van der Waals surface area (Å²) in [6, 6.07) is 6.00. The lowest BCUT2D eigenvalue weighted by molar-refractivity contribution is -0.142. The van der Waals surface area contributed by atoms with Gasteiger partial charge in [0.1, 0.15) is 12.4 Å². The molecule has 10 heteroatoms. The molecule has 1 atom stereocenters. The van der Waals surface area contributed by atoms with Crippen LogP contribution in [0.4, 0.5) is 4.39 Å². The third-order valence-electron chi connectivity index (χ3n) is 4.87. The molecule has 2 rings (SSSR count). The van der Waals surface area contributed by atoms with E-state index in [0.29, 0.717) is 12.2 Å². The first kappa shape index (κ1) is 24.7. The SMILES string of the molecule is COCC(C)n1c(C)cc(C(=O)COC(=O)CN(C)S(=O)(=O)c2ccc(F)cc2)c1C. The first-order valence-corrected chi connectivity index (χ1v) is 11.0. The molecule has 0 radical (unpaired) electrons. The van der Waals surface area contributed by atoms with Gasteiger partial charge in [-0.05, 0) is 51.1 Å². The largest absolute Gasteiger partial charge is 0.456 e. The van der Waals surface area contributed by atoms with E-state index in [2.05, 4.69) is 0 Å². The maximum Gasteiger partial charge on any atom is 0.321 e. The number of ether oxygens (including phenoxy) is 2. The van der Waals surface area contributed by atoms with Gasteiger partial charge in [0.05, 0.1) is 17.5 Å². The van der Waals surface area contributed by atoms with Crippen molar-refractivity contribution in [2.45, 2.75) is 31.7 Å². The smallest absolute Gasteiger partial charge is 0.321 e. The van der Waals surface area contributed by atoms with Crippen molar-refractivity contribution < 1.29 is 31.9 Å². The standard InChI is InChI=1S/C21H27FN2O6S/c1-14-10-19(16(3)24(14)15(2)12-29-5)20(25)13-30-21(26)11-23(4)31(27,28)18-8-6-17(22)7-9-18/h6-10,15H,11-13H2,1-5H3. The zero-order chi connectivity index (χ0) is 23.3. The van der Waals surface area contributed by atoms with Gasteiger partial charge in [-0.3, -0.25) is 9.59 Å². The number of carbonyl (C=O) groups excluding carboxylic acids is 2. The molecule has 1 aromatic heterocycles. The Morgan fingerprint density at radius 1 is 1.19 bits per heavy atom. The number of benzene rings is 1. The summed E-state index contributed by atoms with van der Waals surface area (Å²) in [7, 11) is -1.20. The van der Waals surface area contributed by atoms with E-state index in [0.717, 1.165) is 40.0 Å². The highest BCUT2D eigenvalue weighted by molar-refractivity contribution is 7.89. The Balaban J connectivity index is 2.00. The molecule has 0 N–H and O–H groups in total. The number of halogens is 1. The first-order chi connectivity index (χ1) is 14.5. The number of hydrogen-bond acceptors (Lipinski definition) is 6. The molecule has 0 aliphatic rings. The van der Waals surface area contributed by atoms with Crippen LogP contribution in [0.15, 0.2) is 35.2 Å². The van der Waals surface area contributed by atoms with E-state index >= 15 is 0 Å². The number of ketones is 1. The lowest BCUT2D eigenvalue weighted by Crippen LogP contribution is -2.33. The van der Waals surface area contributed by atoms with Crippen LogP contribution in [0.3, 0.4) is 0 Å². The number of methoxy groups -OCH3 is 1. The molecule has 8 nitrogen and oxygen atoms in total. The molecule has 0 fully saturated rings. The quantitative estimate of drug-likeness (QED) is 0.404. The van der Waals surface area contributed by atoms with Crippen LogP contribution in [0.1, 0.15) is 34.7 Å². The number of aromatic nitrogens is 1. The second kappa shape index (κ2) is 10.2. The van der Waals surface area contributed by atoms with Gasteiger partial charge >= 0.3 is 5.97 Å². The van der Waals surface area contributed by atoms with E-state index in [-0.39, 0.29) is 16.7 Å². The second-order valence-electron chi connectivity index (χ2n) is 7.26. The zero-order valence-corrected chi connectivity index (χ0v) is 19.0. The van der Waals surface area contributed by atoms with Gasteiger partial charge in [0.15, 0.2) is 6.61 Å². The van der Waals surface area contributed by atoms with E-state index in [9.17, 15) is 22.4 Å². The molecule has 2 aromatic rings. The number of likely N-dealkylation sites (N-methyl/N-ethyl adjacent to an activating group) is 1.